The van der Waals surface area contributed by atoms with E-state index in [1.54, 1.807) is 0 Å². The second-order valence-electron chi connectivity index (χ2n) is 11.4. The van der Waals surface area contributed by atoms with E-state index in [2.05, 4.69) is 34.6 Å². The van der Waals surface area contributed by atoms with Crippen LogP contribution in [-0.2, 0) is 9.53 Å². The van der Waals surface area contributed by atoms with Crippen LogP contribution in [0.5, 0.6) is 0 Å². The molecule has 0 aromatic carbocycles. The predicted octanol–water partition coefficient (Wildman–Crippen LogP) is 7.26. The van der Waals surface area contributed by atoms with Gasteiger partial charge in [0.05, 0.1) is 7.11 Å². The molecular weight excluding hydrogens is 344 g/mol. The Balaban J connectivity index is 1.66. The molecule has 162 valence electrons. The minimum Gasteiger partial charge on any atom is -0.469 e. The average molecular weight is 391 g/mol. The number of methoxy groups -OCH3 is 1. The molecule has 3 fully saturated rings. The molecule has 2 nitrogen and oxygen atoms in total. The highest BCUT2D eigenvalue weighted by molar-refractivity contribution is 5.69. The Hall–Kier alpha value is -0.530. The van der Waals surface area contributed by atoms with Gasteiger partial charge in [-0.15, -0.1) is 0 Å². The van der Waals surface area contributed by atoms with Crippen LogP contribution < -0.4 is 0 Å². The lowest BCUT2D eigenvalue weighted by Gasteiger charge is -2.54. The number of esters is 1. The molecule has 3 saturated carbocycles. The second-order valence-corrected chi connectivity index (χ2v) is 11.4. The molecule has 3 aliphatic carbocycles. The standard InChI is InChI=1S/C26H46O2/c1-7-20-16-18(2)12-14-25(20,4)22-13-15-26(5)21(17-22)9-10-23(26)19(3)8-11-24(27)28-6/h18-23H,7-17H2,1-6H3. The van der Waals surface area contributed by atoms with Crippen LogP contribution in [0, 0.1) is 46.3 Å². The van der Waals surface area contributed by atoms with Crippen molar-refractivity contribution in [3.8, 4) is 0 Å². The molecule has 28 heavy (non-hydrogen) atoms. The van der Waals surface area contributed by atoms with Gasteiger partial charge in [-0.25, -0.2) is 0 Å². The van der Waals surface area contributed by atoms with E-state index in [1.807, 2.05) is 0 Å². The third-order valence-corrected chi connectivity index (χ3v) is 10.1. The van der Waals surface area contributed by atoms with Gasteiger partial charge in [0.1, 0.15) is 0 Å². The van der Waals surface area contributed by atoms with Crippen molar-refractivity contribution >= 4 is 5.97 Å². The maximum absolute atomic E-state index is 11.6. The van der Waals surface area contributed by atoms with Gasteiger partial charge in [0, 0.05) is 6.42 Å². The van der Waals surface area contributed by atoms with E-state index in [-0.39, 0.29) is 5.97 Å². The van der Waals surface area contributed by atoms with Gasteiger partial charge >= 0.3 is 5.97 Å². The van der Waals surface area contributed by atoms with Gasteiger partial charge in [-0.1, -0.05) is 47.5 Å². The smallest absolute Gasteiger partial charge is 0.305 e. The lowest BCUT2D eigenvalue weighted by Crippen LogP contribution is -2.45. The Morgan fingerprint density at radius 2 is 1.71 bits per heavy atom. The topological polar surface area (TPSA) is 26.3 Å². The molecule has 2 heteroatoms. The van der Waals surface area contributed by atoms with Gasteiger partial charge < -0.3 is 4.74 Å². The van der Waals surface area contributed by atoms with Crippen LogP contribution in [0.25, 0.3) is 0 Å². The van der Waals surface area contributed by atoms with Gasteiger partial charge in [-0.2, -0.15) is 0 Å². The summed E-state index contributed by atoms with van der Waals surface area (Å²) in [6, 6.07) is 0. The monoisotopic (exact) mass is 390 g/mol. The van der Waals surface area contributed by atoms with Crippen molar-refractivity contribution in [2.24, 2.45) is 46.3 Å². The highest BCUT2D eigenvalue weighted by atomic mass is 16.5. The zero-order chi connectivity index (χ0) is 20.5. The zero-order valence-electron chi connectivity index (χ0n) is 19.6. The van der Waals surface area contributed by atoms with Crippen molar-refractivity contribution in [3.63, 3.8) is 0 Å². The van der Waals surface area contributed by atoms with Crippen molar-refractivity contribution in [3.05, 3.63) is 0 Å². The Labute approximate surface area is 174 Å². The van der Waals surface area contributed by atoms with Crippen LogP contribution in [0.4, 0.5) is 0 Å². The van der Waals surface area contributed by atoms with Crippen LogP contribution in [-0.4, -0.2) is 13.1 Å². The van der Waals surface area contributed by atoms with Crippen LogP contribution in [0.15, 0.2) is 0 Å². The molecule has 0 aromatic rings. The van der Waals surface area contributed by atoms with E-state index in [4.69, 9.17) is 4.74 Å². The third-order valence-electron chi connectivity index (χ3n) is 10.1. The molecule has 8 unspecified atom stereocenters. The molecule has 0 spiro atoms. The van der Waals surface area contributed by atoms with Crippen molar-refractivity contribution < 1.29 is 9.53 Å². The van der Waals surface area contributed by atoms with Gasteiger partial charge in [0.25, 0.3) is 0 Å². The fraction of sp³-hybridized carbons (Fsp3) is 0.962. The number of fused-ring (bicyclic) bond motifs is 1. The lowest BCUT2D eigenvalue weighted by molar-refractivity contribution is -0.141. The normalized spacial score (nSPS) is 44.7. The van der Waals surface area contributed by atoms with E-state index in [1.165, 1.54) is 64.9 Å². The van der Waals surface area contributed by atoms with Gasteiger partial charge in [0.15, 0.2) is 0 Å². The Bertz CT molecular complexity index is 543. The quantitative estimate of drug-likeness (QED) is 0.446. The molecule has 0 aromatic heterocycles. The maximum atomic E-state index is 11.6. The lowest BCUT2D eigenvalue weighted by atomic mass is 9.51. The zero-order valence-corrected chi connectivity index (χ0v) is 19.6. The summed E-state index contributed by atoms with van der Waals surface area (Å²) in [5, 5.41) is 0. The maximum Gasteiger partial charge on any atom is 0.305 e. The minimum atomic E-state index is -0.0414. The first-order valence-corrected chi connectivity index (χ1v) is 12.3. The number of ether oxygens (including phenoxy) is 1. The predicted molar refractivity (Wildman–Crippen MR) is 117 cm³/mol. The summed E-state index contributed by atoms with van der Waals surface area (Å²) in [6.45, 7) is 12.6. The van der Waals surface area contributed by atoms with Gasteiger partial charge in [0.2, 0.25) is 0 Å². The number of hydrogen-bond acceptors (Lipinski definition) is 2. The molecule has 0 bridgehead atoms. The molecule has 0 amide bonds. The van der Waals surface area contributed by atoms with E-state index >= 15 is 0 Å². The summed E-state index contributed by atoms with van der Waals surface area (Å²) in [7, 11) is 1.51. The second kappa shape index (κ2) is 8.68. The van der Waals surface area contributed by atoms with E-state index in [0.29, 0.717) is 23.2 Å². The largest absolute Gasteiger partial charge is 0.469 e. The SMILES string of the molecule is CCC1CC(C)CCC1(C)C1CCC2(C)C(CCC2C(C)CCC(=O)OC)C1. The number of carbonyl (C=O) groups is 1. The first-order valence-electron chi connectivity index (χ1n) is 12.3. The summed E-state index contributed by atoms with van der Waals surface area (Å²) < 4.78 is 4.88. The molecular formula is C26H46O2. The Kier molecular flexibility index (Phi) is 6.87. The van der Waals surface area contributed by atoms with Crippen molar-refractivity contribution in [1.82, 2.24) is 0 Å². The van der Waals surface area contributed by atoms with E-state index in [0.717, 1.165) is 36.0 Å². The first-order chi connectivity index (χ1) is 13.2. The molecule has 3 aliphatic rings. The van der Waals surface area contributed by atoms with Crippen molar-refractivity contribution in [2.75, 3.05) is 7.11 Å². The fourth-order valence-electron chi connectivity index (χ4n) is 8.05. The number of carbonyl (C=O) groups excluding carboxylic acids is 1. The molecule has 0 heterocycles. The highest BCUT2D eigenvalue weighted by Crippen LogP contribution is 2.63. The first kappa shape index (κ1) is 22.2. The molecule has 0 radical (unpaired) electrons. The van der Waals surface area contributed by atoms with Crippen LogP contribution in [0.2, 0.25) is 0 Å². The average Bonchev–Trinajstić information content (AvgIpc) is 3.03. The van der Waals surface area contributed by atoms with Crippen LogP contribution in [0.1, 0.15) is 105 Å². The minimum absolute atomic E-state index is 0.0414. The molecule has 8 atom stereocenters. The van der Waals surface area contributed by atoms with Crippen molar-refractivity contribution in [2.45, 2.75) is 105 Å². The third kappa shape index (κ3) is 4.04. The van der Waals surface area contributed by atoms with E-state index in [9.17, 15) is 4.79 Å². The fourth-order valence-corrected chi connectivity index (χ4v) is 8.05. The highest BCUT2D eigenvalue weighted by Gasteiger charge is 2.54. The van der Waals surface area contributed by atoms with Crippen molar-refractivity contribution in [1.29, 1.82) is 0 Å². The Morgan fingerprint density at radius 3 is 2.39 bits per heavy atom. The summed E-state index contributed by atoms with van der Waals surface area (Å²) in [6.07, 6.45) is 14.4. The van der Waals surface area contributed by atoms with Crippen LogP contribution in [0.3, 0.4) is 0 Å². The molecule has 0 saturated heterocycles. The van der Waals surface area contributed by atoms with Crippen LogP contribution >= 0.6 is 0 Å². The number of hydrogen-bond donors (Lipinski definition) is 0. The summed E-state index contributed by atoms with van der Waals surface area (Å²) >= 11 is 0. The molecule has 0 N–H and O–H groups in total. The summed E-state index contributed by atoms with van der Waals surface area (Å²) in [4.78, 5) is 11.6. The van der Waals surface area contributed by atoms with Gasteiger partial charge in [-0.3, -0.25) is 4.79 Å². The molecule has 3 rings (SSSR count). The van der Waals surface area contributed by atoms with E-state index < -0.39 is 0 Å². The summed E-state index contributed by atoms with van der Waals surface area (Å²) in [5.74, 6) is 5.10. The summed E-state index contributed by atoms with van der Waals surface area (Å²) in [5.41, 5.74) is 1.09. The Morgan fingerprint density at radius 1 is 1.04 bits per heavy atom. The number of rotatable bonds is 6. The molecule has 0 aliphatic heterocycles. The van der Waals surface area contributed by atoms with Gasteiger partial charge in [-0.05, 0) is 97.7 Å².